The lowest BCUT2D eigenvalue weighted by Crippen LogP contribution is -2.48. The molecule has 2 saturated heterocycles. The first-order valence-electron chi connectivity index (χ1n) is 7.57. The van der Waals surface area contributed by atoms with Crippen LogP contribution in [0.2, 0.25) is 0 Å². The van der Waals surface area contributed by atoms with E-state index in [1.807, 2.05) is 4.90 Å². The minimum Gasteiger partial charge on any atom is -0.338 e. The lowest BCUT2D eigenvalue weighted by Gasteiger charge is -2.34. The maximum Gasteiger partial charge on any atom is 0.219 e. The zero-order valence-electron chi connectivity index (χ0n) is 12.5. The molecule has 0 bridgehead atoms. The Morgan fingerprint density at radius 3 is 2.45 bits per heavy atom. The first-order chi connectivity index (χ1) is 9.38. The molecule has 2 fully saturated rings. The highest BCUT2D eigenvalue weighted by Crippen LogP contribution is 2.30. The van der Waals surface area contributed by atoms with Gasteiger partial charge in [0.1, 0.15) is 9.84 Å². The molecule has 0 radical (unpaired) electrons. The molecule has 2 aliphatic rings. The van der Waals surface area contributed by atoms with Crippen molar-refractivity contribution >= 4 is 15.7 Å². The maximum atomic E-state index is 11.7. The molecule has 0 saturated carbocycles. The van der Waals surface area contributed by atoms with Crippen LogP contribution in [-0.2, 0) is 14.6 Å². The second-order valence-corrected chi connectivity index (χ2v) is 8.41. The van der Waals surface area contributed by atoms with Crippen LogP contribution >= 0.6 is 0 Å². The molecular weight excluding hydrogens is 276 g/mol. The monoisotopic (exact) mass is 302 g/mol. The van der Waals surface area contributed by atoms with E-state index in [2.05, 4.69) is 4.90 Å². The van der Waals surface area contributed by atoms with Gasteiger partial charge in [-0.25, -0.2) is 8.42 Å². The van der Waals surface area contributed by atoms with E-state index in [0.29, 0.717) is 18.5 Å². The van der Waals surface area contributed by atoms with Gasteiger partial charge in [0, 0.05) is 31.8 Å². The molecule has 2 aliphatic heterocycles. The summed E-state index contributed by atoms with van der Waals surface area (Å²) in [6.45, 7) is 4.41. The Balaban J connectivity index is 1.91. The van der Waals surface area contributed by atoms with Gasteiger partial charge in [0.15, 0.2) is 0 Å². The Morgan fingerprint density at radius 1 is 1.15 bits per heavy atom. The topological polar surface area (TPSA) is 57.7 Å². The van der Waals surface area contributed by atoms with Gasteiger partial charge in [-0.3, -0.25) is 9.69 Å². The van der Waals surface area contributed by atoms with Crippen LogP contribution in [-0.4, -0.2) is 67.9 Å². The minimum atomic E-state index is -2.87. The van der Waals surface area contributed by atoms with Crippen molar-refractivity contribution in [2.24, 2.45) is 0 Å². The van der Waals surface area contributed by atoms with Gasteiger partial charge in [-0.2, -0.15) is 0 Å². The Kier molecular flexibility index (Phi) is 5.07. The molecule has 0 aromatic rings. The molecule has 116 valence electrons. The van der Waals surface area contributed by atoms with Gasteiger partial charge in [0.25, 0.3) is 0 Å². The Hall–Kier alpha value is -0.620. The van der Waals surface area contributed by atoms with Gasteiger partial charge >= 0.3 is 0 Å². The lowest BCUT2D eigenvalue weighted by molar-refractivity contribution is -0.130. The van der Waals surface area contributed by atoms with Crippen molar-refractivity contribution in [1.82, 2.24) is 9.80 Å². The summed E-state index contributed by atoms with van der Waals surface area (Å²) < 4.78 is 22.4. The molecular formula is C14H26N2O3S. The fraction of sp³-hybridized carbons (Fsp3) is 0.929. The highest BCUT2D eigenvalue weighted by Gasteiger charge is 2.38. The van der Waals surface area contributed by atoms with Gasteiger partial charge in [-0.15, -0.1) is 0 Å². The smallest absolute Gasteiger partial charge is 0.219 e. The van der Waals surface area contributed by atoms with Crippen LogP contribution in [0.15, 0.2) is 0 Å². The second kappa shape index (κ2) is 6.43. The molecule has 0 aromatic carbocycles. The first-order valence-corrected chi connectivity index (χ1v) is 9.63. The molecule has 2 heterocycles. The third-order valence-electron chi connectivity index (χ3n) is 4.52. The van der Waals surface area contributed by atoms with Crippen LogP contribution in [0.4, 0.5) is 0 Å². The van der Waals surface area contributed by atoms with Crippen molar-refractivity contribution in [3.05, 3.63) is 0 Å². The minimum absolute atomic E-state index is 0.176. The van der Waals surface area contributed by atoms with Gasteiger partial charge in [-0.1, -0.05) is 0 Å². The standard InChI is InChI=1S/C14H26N2O3S/c1-12(17)16-10-4-7-14(16)13-6-3-8-15(13)9-5-11-20(2,18)19/h13-14H,3-11H2,1-2H3/t13-,14+/m1/s1. The van der Waals surface area contributed by atoms with Crippen LogP contribution in [0.5, 0.6) is 0 Å². The highest BCUT2D eigenvalue weighted by molar-refractivity contribution is 7.90. The molecule has 0 unspecified atom stereocenters. The number of carbonyl (C=O) groups excluding carboxylic acids is 1. The third kappa shape index (κ3) is 3.95. The molecule has 5 nitrogen and oxygen atoms in total. The van der Waals surface area contributed by atoms with E-state index >= 15 is 0 Å². The van der Waals surface area contributed by atoms with Crippen LogP contribution in [0.25, 0.3) is 0 Å². The molecule has 20 heavy (non-hydrogen) atoms. The van der Waals surface area contributed by atoms with Gasteiger partial charge < -0.3 is 4.90 Å². The summed E-state index contributed by atoms with van der Waals surface area (Å²) in [4.78, 5) is 16.1. The quantitative estimate of drug-likeness (QED) is 0.757. The zero-order chi connectivity index (χ0) is 14.8. The van der Waals surface area contributed by atoms with Crippen LogP contribution in [0, 0.1) is 0 Å². The summed E-state index contributed by atoms with van der Waals surface area (Å²) in [6, 6.07) is 0.772. The summed E-state index contributed by atoms with van der Waals surface area (Å²) in [5, 5.41) is 0. The number of likely N-dealkylation sites (tertiary alicyclic amines) is 2. The SMILES string of the molecule is CC(=O)N1CCC[C@H]1[C@H]1CCCN1CCCS(C)(=O)=O. The van der Waals surface area contributed by atoms with Crippen molar-refractivity contribution < 1.29 is 13.2 Å². The van der Waals surface area contributed by atoms with E-state index in [1.54, 1.807) is 6.92 Å². The number of hydrogen-bond acceptors (Lipinski definition) is 4. The molecule has 2 atom stereocenters. The summed E-state index contributed by atoms with van der Waals surface area (Å²) in [5.41, 5.74) is 0. The number of sulfone groups is 1. The third-order valence-corrected chi connectivity index (χ3v) is 5.55. The predicted octanol–water partition coefficient (Wildman–Crippen LogP) is 0.896. The molecule has 0 aliphatic carbocycles. The lowest BCUT2D eigenvalue weighted by atomic mass is 10.0. The number of amides is 1. The zero-order valence-corrected chi connectivity index (χ0v) is 13.4. The van der Waals surface area contributed by atoms with E-state index in [4.69, 9.17) is 0 Å². The Morgan fingerprint density at radius 2 is 1.80 bits per heavy atom. The van der Waals surface area contributed by atoms with Gasteiger partial charge in [-0.05, 0) is 45.2 Å². The Bertz CT molecular complexity index is 449. The number of nitrogens with zero attached hydrogens (tertiary/aromatic N) is 2. The highest BCUT2D eigenvalue weighted by atomic mass is 32.2. The fourth-order valence-electron chi connectivity index (χ4n) is 3.68. The van der Waals surface area contributed by atoms with Crippen LogP contribution in [0.1, 0.15) is 39.0 Å². The number of hydrogen-bond donors (Lipinski definition) is 0. The second-order valence-electron chi connectivity index (χ2n) is 6.15. The van der Waals surface area contributed by atoms with E-state index in [9.17, 15) is 13.2 Å². The maximum absolute atomic E-state index is 11.7. The van der Waals surface area contributed by atoms with Crippen molar-refractivity contribution in [3.8, 4) is 0 Å². The van der Waals surface area contributed by atoms with Crippen LogP contribution in [0.3, 0.4) is 0 Å². The largest absolute Gasteiger partial charge is 0.338 e. The van der Waals surface area contributed by atoms with E-state index < -0.39 is 9.84 Å². The molecule has 2 rings (SSSR count). The summed E-state index contributed by atoms with van der Waals surface area (Å²) in [5.74, 6) is 0.438. The van der Waals surface area contributed by atoms with Crippen molar-refractivity contribution in [2.45, 2.75) is 51.1 Å². The van der Waals surface area contributed by atoms with Crippen LogP contribution < -0.4 is 0 Å². The van der Waals surface area contributed by atoms with Crippen molar-refractivity contribution in [2.75, 3.05) is 31.6 Å². The normalized spacial score (nSPS) is 28.2. The molecule has 1 amide bonds. The number of rotatable bonds is 5. The van der Waals surface area contributed by atoms with E-state index in [-0.39, 0.29) is 11.7 Å². The molecule has 0 spiro atoms. The Labute approximate surface area is 122 Å². The predicted molar refractivity (Wildman–Crippen MR) is 79.3 cm³/mol. The fourth-order valence-corrected chi connectivity index (χ4v) is 4.33. The molecule has 0 aromatic heterocycles. The summed E-state index contributed by atoms with van der Waals surface area (Å²) in [6.07, 6.45) is 6.47. The van der Waals surface area contributed by atoms with Gasteiger partial charge in [0.2, 0.25) is 5.91 Å². The average molecular weight is 302 g/mol. The average Bonchev–Trinajstić information content (AvgIpc) is 2.93. The van der Waals surface area contributed by atoms with E-state index in [1.165, 1.54) is 6.26 Å². The summed E-state index contributed by atoms with van der Waals surface area (Å²) >= 11 is 0. The van der Waals surface area contributed by atoms with Crippen molar-refractivity contribution in [1.29, 1.82) is 0 Å². The van der Waals surface area contributed by atoms with Gasteiger partial charge in [0.05, 0.1) is 5.75 Å². The molecule has 6 heteroatoms. The summed E-state index contributed by atoms with van der Waals surface area (Å²) in [7, 11) is -2.87. The first kappa shape index (κ1) is 15.8. The van der Waals surface area contributed by atoms with E-state index in [0.717, 1.165) is 45.3 Å². The number of carbonyl (C=O) groups is 1. The molecule has 0 N–H and O–H groups in total. The van der Waals surface area contributed by atoms with Crippen molar-refractivity contribution in [3.63, 3.8) is 0 Å².